The molecule has 0 saturated carbocycles. The lowest BCUT2D eigenvalue weighted by atomic mass is 10.1. The summed E-state index contributed by atoms with van der Waals surface area (Å²) >= 11 is 0. The molecule has 9 heteroatoms. The van der Waals surface area contributed by atoms with Gasteiger partial charge < -0.3 is 14.2 Å². The van der Waals surface area contributed by atoms with Gasteiger partial charge in [-0.2, -0.15) is 0 Å². The van der Waals surface area contributed by atoms with Crippen molar-refractivity contribution in [2.75, 3.05) is 14.2 Å². The standard InChI is InChI=1S/C18H13F5O4/c1-25-11-5-3-4-9(18(11)26-2)6-7-12(24)27-8-10-13(19)15(21)17(23)16(22)14(10)20/h3-7H,8H2,1-2H3/b7-6+. The van der Waals surface area contributed by atoms with Crippen LogP contribution in [0.15, 0.2) is 24.3 Å². The number of para-hydroxylation sites is 1. The highest BCUT2D eigenvalue weighted by molar-refractivity contribution is 5.87. The van der Waals surface area contributed by atoms with Crippen LogP contribution in [0, 0.1) is 29.1 Å². The molecule has 0 atom stereocenters. The van der Waals surface area contributed by atoms with Crippen molar-refractivity contribution in [3.05, 3.63) is 64.5 Å². The molecule has 27 heavy (non-hydrogen) atoms. The first-order chi connectivity index (χ1) is 12.8. The van der Waals surface area contributed by atoms with Crippen molar-refractivity contribution in [3.8, 4) is 11.5 Å². The number of esters is 1. The number of ether oxygens (including phenoxy) is 3. The molecule has 0 radical (unpaired) electrons. The Balaban J connectivity index is 2.16. The van der Waals surface area contributed by atoms with Crippen LogP contribution in [-0.4, -0.2) is 20.2 Å². The van der Waals surface area contributed by atoms with Gasteiger partial charge in [0.25, 0.3) is 0 Å². The summed E-state index contributed by atoms with van der Waals surface area (Å²) in [5.41, 5.74) is -0.808. The average Bonchev–Trinajstić information content (AvgIpc) is 2.68. The Kier molecular flexibility index (Phi) is 6.38. The zero-order valence-electron chi connectivity index (χ0n) is 14.1. The van der Waals surface area contributed by atoms with Crippen LogP contribution >= 0.6 is 0 Å². The van der Waals surface area contributed by atoms with E-state index in [4.69, 9.17) is 9.47 Å². The van der Waals surface area contributed by atoms with Gasteiger partial charge in [-0.1, -0.05) is 12.1 Å². The maximum absolute atomic E-state index is 13.5. The smallest absolute Gasteiger partial charge is 0.331 e. The predicted molar refractivity (Wildman–Crippen MR) is 84.6 cm³/mol. The zero-order chi connectivity index (χ0) is 20.1. The maximum Gasteiger partial charge on any atom is 0.331 e. The highest BCUT2D eigenvalue weighted by atomic mass is 19.2. The summed E-state index contributed by atoms with van der Waals surface area (Å²) in [6, 6.07) is 4.84. The molecule has 0 unspecified atom stereocenters. The number of carbonyl (C=O) groups excluding carboxylic acids is 1. The number of benzene rings is 2. The van der Waals surface area contributed by atoms with Gasteiger partial charge >= 0.3 is 5.97 Å². The van der Waals surface area contributed by atoms with Gasteiger partial charge in [-0.25, -0.2) is 26.7 Å². The summed E-state index contributed by atoms with van der Waals surface area (Å²) in [7, 11) is 2.81. The molecular weight excluding hydrogens is 375 g/mol. The number of carbonyl (C=O) groups is 1. The Hall–Kier alpha value is -3.10. The molecule has 0 heterocycles. The van der Waals surface area contributed by atoms with Gasteiger partial charge in [0.1, 0.15) is 6.61 Å². The van der Waals surface area contributed by atoms with E-state index in [1.165, 1.54) is 20.3 Å². The van der Waals surface area contributed by atoms with Crippen LogP contribution in [0.2, 0.25) is 0 Å². The second kappa shape index (κ2) is 8.52. The zero-order valence-corrected chi connectivity index (χ0v) is 14.1. The van der Waals surface area contributed by atoms with Crippen molar-refractivity contribution in [1.82, 2.24) is 0 Å². The Bertz CT molecular complexity index is 867. The van der Waals surface area contributed by atoms with E-state index in [1.54, 1.807) is 18.2 Å². The van der Waals surface area contributed by atoms with Crippen LogP contribution in [0.25, 0.3) is 6.08 Å². The molecule has 0 aliphatic heterocycles. The molecule has 0 spiro atoms. The molecule has 0 saturated heterocycles. The van der Waals surface area contributed by atoms with E-state index in [-0.39, 0.29) is 0 Å². The van der Waals surface area contributed by atoms with E-state index >= 15 is 0 Å². The van der Waals surface area contributed by atoms with Crippen LogP contribution in [0.4, 0.5) is 22.0 Å². The highest BCUT2D eigenvalue weighted by Crippen LogP contribution is 2.31. The minimum atomic E-state index is -2.29. The summed E-state index contributed by atoms with van der Waals surface area (Å²) in [5.74, 6) is -11.0. The van der Waals surface area contributed by atoms with E-state index in [0.717, 1.165) is 6.08 Å². The first-order valence-corrected chi connectivity index (χ1v) is 7.37. The molecule has 0 bridgehead atoms. The van der Waals surface area contributed by atoms with Gasteiger partial charge in [-0.15, -0.1) is 0 Å². The van der Waals surface area contributed by atoms with Crippen LogP contribution in [0.3, 0.4) is 0 Å². The highest BCUT2D eigenvalue weighted by Gasteiger charge is 2.26. The molecule has 4 nitrogen and oxygen atoms in total. The van der Waals surface area contributed by atoms with Crippen molar-refractivity contribution in [3.63, 3.8) is 0 Å². The molecule has 0 fully saturated rings. The Morgan fingerprint density at radius 3 is 2.07 bits per heavy atom. The molecule has 2 aromatic rings. The van der Waals surface area contributed by atoms with Crippen molar-refractivity contribution in [1.29, 1.82) is 0 Å². The maximum atomic E-state index is 13.5. The minimum absolute atomic E-state index is 0.323. The van der Waals surface area contributed by atoms with Gasteiger partial charge in [0, 0.05) is 11.6 Å². The second-order valence-corrected chi connectivity index (χ2v) is 5.07. The van der Waals surface area contributed by atoms with E-state index in [9.17, 15) is 26.7 Å². The summed E-state index contributed by atoms with van der Waals surface area (Å²) in [6.45, 7) is -1.13. The molecule has 0 N–H and O–H groups in total. The lowest BCUT2D eigenvalue weighted by Crippen LogP contribution is -2.10. The first-order valence-electron chi connectivity index (χ1n) is 7.37. The van der Waals surface area contributed by atoms with Crippen LogP contribution in [0.5, 0.6) is 11.5 Å². The van der Waals surface area contributed by atoms with Gasteiger partial charge in [-0.05, 0) is 12.1 Å². The predicted octanol–water partition coefficient (Wildman–Crippen LogP) is 4.16. The number of methoxy groups -OCH3 is 2. The molecule has 2 rings (SSSR count). The second-order valence-electron chi connectivity index (χ2n) is 5.07. The molecule has 0 aliphatic carbocycles. The van der Waals surface area contributed by atoms with E-state index in [2.05, 4.69) is 4.74 Å². The summed E-state index contributed by atoms with van der Waals surface area (Å²) in [5, 5.41) is 0. The quantitative estimate of drug-likeness (QED) is 0.245. The van der Waals surface area contributed by atoms with Crippen LogP contribution in [-0.2, 0) is 16.1 Å². The third kappa shape index (κ3) is 4.18. The Labute approximate surface area is 150 Å². The van der Waals surface area contributed by atoms with E-state index in [0.29, 0.717) is 17.1 Å². The van der Waals surface area contributed by atoms with Crippen molar-refractivity contribution in [2.24, 2.45) is 0 Å². The van der Waals surface area contributed by atoms with Gasteiger partial charge in [-0.3, -0.25) is 0 Å². The van der Waals surface area contributed by atoms with Gasteiger partial charge in [0.2, 0.25) is 5.82 Å². The summed E-state index contributed by atoms with van der Waals surface area (Å²) in [6.07, 6.45) is 2.19. The largest absolute Gasteiger partial charge is 0.493 e. The Morgan fingerprint density at radius 1 is 0.926 bits per heavy atom. The third-order valence-corrected chi connectivity index (χ3v) is 3.49. The topological polar surface area (TPSA) is 44.8 Å². The molecule has 144 valence electrons. The molecule has 0 aliphatic rings. The molecular formula is C18H13F5O4. The Morgan fingerprint density at radius 2 is 1.52 bits per heavy atom. The van der Waals surface area contributed by atoms with E-state index < -0.39 is 47.2 Å². The van der Waals surface area contributed by atoms with Crippen molar-refractivity contribution >= 4 is 12.0 Å². The third-order valence-electron chi connectivity index (χ3n) is 3.49. The number of hydrogen-bond acceptors (Lipinski definition) is 4. The lowest BCUT2D eigenvalue weighted by molar-refractivity contribution is -0.139. The summed E-state index contributed by atoms with van der Waals surface area (Å²) < 4.78 is 81.0. The van der Waals surface area contributed by atoms with Gasteiger partial charge in [0.15, 0.2) is 34.8 Å². The van der Waals surface area contributed by atoms with E-state index in [1.807, 2.05) is 0 Å². The number of halogens is 5. The summed E-state index contributed by atoms with van der Waals surface area (Å²) in [4.78, 5) is 11.7. The monoisotopic (exact) mass is 388 g/mol. The van der Waals surface area contributed by atoms with Crippen molar-refractivity contribution < 1.29 is 41.0 Å². The van der Waals surface area contributed by atoms with Crippen molar-refractivity contribution in [2.45, 2.75) is 6.61 Å². The first kappa shape index (κ1) is 20.2. The average molecular weight is 388 g/mol. The normalized spacial score (nSPS) is 10.9. The molecule has 0 amide bonds. The van der Waals surface area contributed by atoms with Crippen LogP contribution in [0.1, 0.15) is 11.1 Å². The van der Waals surface area contributed by atoms with Gasteiger partial charge in [0.05, 0.1) is 19.8 Å². The SMILES string of the molecule is COc1cccc(/C=C/C(=O)OCc2c(F)c(F)c(F)c(F)c2F)c1OC. The molecule has 0 aromatic heterocycles. The minimum Gasteiger partial charge on any atom is -0.493 e. The fraction of sp³-hybridized carbons (Fsp3) is 0.167. The molecule has 2 aromatic carbocycles. The number of rotatable bonds is 6. The fourth-order valence-corrected chi connectivity index (χ4v) is 2.17. The van der Waals surface area contributed by atoms with Crippen LogP contribution < -0.4 is 9.47 Å². The lowest BCUT2D eigenvalue weighted by Gasteiger charge is -2.10. The number of hydrogen-bond donors (Lipinski definition) is 0. The fourth-order valence-electron chi connectivity index (χ4n) is 2.17.